The number of likely N-dealkylation sites (N-methyl/N-ethyl adjacent to an activating group) is 1. The van der Waals surface area contributed by atoms with Crippen molar-refractivity contribution in [2.45, 2.75) is 12.1 Å². The van der Waals surface area contributed by atoms with Crippen LogP contribution in [-0.2, 0) is 14.4 Å². The highest BCUT2D eigenvalue weighted by Gasteiger charge is 2.60. The summed E-state index contributed by atoms with van der Waals surface area (Å²) in [7, 11) is 1.69. The Balaban J connectivity index is 2.08. The highest BCUT2D eigenvalue weighted by Crippen LogP contribution is 2.46. The average molecular weight is 274 g/mol. The van der Waals surface area contributed by atoms with Crippen LogP contribution in [0.4, 0.5) is 0 Å². The maximum atomic E-state index is 11.9. The molecule has 4 atom stereocenters. The number of nitrogens with zero attached hydrogens (tertiary/aromatic N) is 1. The fourth-order valence-corrected chi connectivity index (χ4v) is 3.39. The van der Waals surface area contributed by atoms with E-state index in [4.69, 9.17) is 0 Å². The minimum absolute atomic E-state index is 0.410. The molecular weight excluding hydrogens is 260 g/mol. The molecule has 4 unspecified atom stereocenters. The number of rotatable bonds is 2. The van der Waals surface area contributed by atoms with Gasteiger partial charge < -0.3 is 5.11 Å². The summed E-state index contributed by atoms with van der Waals surface area (Å²) in [4.78, 5) is 37.0. The van der Waals surface area contributed by atoms with Gasteiger partial charge in [0, 0.05) is 6.04 Å². The first-order chi connectivity index (χ1) is 9.52. The first-order valence-corrected chi connectivity index (χ1v) is 6.36. The summed E-state index contributed by atoms with van der Waals surface area (Å²) < 4.78 is 0. The summed E-state index contributed by atoms with van der Waals surface area (Å²) in [5.41, 5.74) is 0.803. The van der Waals surface area contributed by atoms with Gasteiger partial charge >= 0.3 is 5.97 Å². The zero-order valence-corrected chi connectivity index (χ0v) is 10.8. The van der Waals surface area contributed by atoms with Gasteiger partial charge in [0.05, 0.1) is 11.8 Å². The van der Waals surface area contributed by atoms with Crippen molar-refractivity contribution in [3.8, 4) is 0 Å². The van der Waals surface area contributed by atoms with Crippen LogP contribution in [0, 0.1) is 11.8 Å². The van der Waals surface area contributed by atoms with Crippen LogP contribution in [0.3, 0.4) is 0 Å². The van der Waals surface area contributed by atoms with E-state index in [2.05, 4.69) is 5.32 Å². The monoisotopic (exact) mass is 274 g/mol. The number of aliphatic carboxylic acids is 1. The van der Waals surface area contributed by atoms with E-state index in [0.717, 1.165) is 5.56 Å². The summed E-state index contributed by atoms with van der Waals surface area (Å²) in [5, 5.41) is 11.7. The third-order valence-corrected chi connectivity index (χ3v) is 4.19. The second-order valence-corrected chi connectivity index (χ2v) is 5.21. The van der Waals surface area contributed by atoms with Crippen molar-refractivity contribution in [3.05, 3.63) is 35.9 Å². The van der Waals surface area contributed by atoms with Gasteiger partial charge in [0.25, 0.3) is 0 Å². The Labute approximate surface area is 115 Å². The first-order valence-electron chi connectivity index (χ1n) is 6.36. The van der Waals surface area contributed by atoms with Crippen LogP contribution >= 0.6 is 0 Å². The standard InChI is InChI=1S/C14H14N2O4/c1-16-10(7-5-3-2-4-6-7)9(14(19)20)8-11(16)13(18)15-12(8)17/h2-6,8-11H,1H3,(H,19,20)(H,15,17,18). The van der Waals surface area contributed by atoms with E-state index in [-0.39, 0.29) is 0 Å². The Hall–Kier alpha value is -2.21. The van der Waals surface area contributed by atoms with Crippen LogP contribution < -0.4 is 5.32 Å². The van der Waals surface area contributed by atoms with E-state index in [9.17, 15) is 19.5 Å². The van der Waals surface area contributed by atoms with Crippen LogP contribution in [0.15, 0.2) is 30.3 Å². The van der Waals surface area contributed by atoms with Crippen molar-refractivity contribution in [3.63, 3.8) is 0 Å². The summed E-state index contributed by atoms with van der Waals surface area (Å²) in [5.74, 6) is -3.69. The molecule has 6 heteroatoms. The number of nitrogens with one attached hydrogen (secondary N) is 1. The predicted octanol–water partition coefficient (Wildman–Crippen LogP) is 0.0151. The topological polar surface area (TPSA) is 86.7 Å². The van der Waals surface area contributed by atoms with Gasteiger partial charge in [0.15, 0.2) is 0 Å². The lowest BCUT2D eigenvalue weighted by molar-refractivity contribution is -0.146. The van der Waals surface area contributed by atoms with E-state index in [1.165, 1.54) is 0 Å². The van der Waals surface area contributed by atoms with Crippen molar-refractivity contribution in [2.75, 3.05) is 7.05 Å². The van der Waals surface area contributed by atoms with E-state index < -0.39 is 41.7 Å². The summed E-state index contributed by atoms with van der Waals surface area (Å²) >= 11 is 0. The maximum Gasteiger partial charge on any atom is 0.309 e. The first kappa shape index (κ1) is 12.8. The number of hydrogen-bond acceptors (Lipinski definition) is 4. The molecule has 0 radical (unpaired) electrons. The molecule has 2 aliphatic rings. The molecule has 0 spiro atoms. The van der Waals surface area contributed by atoms with E-state index in [1.807, 2.05) is 30.3 Å². The molecule has 2 N–H and O–H groups in total. The fourth-order valence-electron chi connectivity index (χ4n) is 3.39. The molecule has 2 heterocycles. The number of hydrogen-bond donors (Lipinski definition) is 2. The number of carboxylic acid groups (broad SMARTS) is 1. The second-order valence-electron chi connectivity index (χ2n) is 5.21. The van der Waals surface area contributed by atoms with E-state index >= 15 is 0 Å². The van der Waals surface area contributed by atoms with Gasteiger partial charge in [-0.2, -0.15) is 0 Å². The Kier molecular flexibility index (Phi) is 2.83. The van der Waals surface area contributed by atoms with Crippen LogP contribution in [0.5, 0.6) is 0 Å². The molecule has 0 bridgehead atoms. The van der Waals surface area contributed by atoms with Crippen molar-refractivity contribution >= 4 is 17.8 Å². The van der Waals surface area contributed by atoms with Gasteiger partial charge in [-0.3, -0.25) is 24.6 Å². The molecule has 0 aliphatic carbocycles. The van der Waals surface area contributed by atoms with Crippen molar-refractivity contribution in [2.24, 2.45) is 11.8 Å². The Morgan fingerprint density at radius 2 is 1.80 bits per heavy atom. The van der Waals surface area contributed by atoms with Gasteiger partial charge in [-0.25, -0.2) is 0 Å². The van der Waals surface area contributed by atoms with Crippen molar-refractivity contribution in [1.82, 2.24) is 10.2 Å². The Bertz CT molecular complexity index is 586. The largest absolute Gasteiger partial charge is 0.481 e. The van der Waals surface area contributed by atoms with Gasteiger partial charge in [0.2, 0.25) is 11.8 Å². The Morgan fingerprint density at radius 3 is 2.40 bits per heavy atom. The smallest absolute Gasteiger partial charge is 0.309 e. The van der Waals surface area contributed by atoms with E-state index in [1.54, 1.807) is 11.9 Å². The highest BCUT2D eigenvalue weighted by molar-refractivity contribution is 6.09. The molecule has 20 heavy (non-hydrogen) atoms. The Morgan fingerprint density at radius 1 is 1.15 bits per heavy atom. The lowest BCUT2D eigenvalue weighted by Crippen LogP contribution is -2.37. The van der Waals surface area contributed by atoms with Crippen molar-refractivity contribution < 1.29 is 19.5 Å². The number of imide groups is 1. The third-order valence-electron chi connectivity index (χ3n) is 4.19. The van der Waals surface area contributed by atoms with Crippen LogP contribution in [-0.4, -0.2) is 40.9 Å². The number of carbonyl (C=O) groups excluding carboxylic acids is 2. The quantitative estimate of drug-likeness (QED) is 0.742. The zero-order chi connectivity index (χ0) is 14.4. The molecule has 1 aromatic carbocycles. The molecule has 6 nitrogen and oxygen atoms in total. The maximum absolute atomic E-state index is 11.9. The van der Waals surface area contributed by atoms with Crippen LogP contribution in [0.25, 0.3) is 0 Å². The van der Waals surface area contributed by atoms with Gasteiger partial charge in [-0.05, 0) is 12.6 Å². The molecule has 1 aromatic rings. The molecule has 0 aromatic heterocycles. The number of benzene rings is 1. The van der Waals surface area contributed by atoms with E-state index in [0.29, 0.717) is 0 Å². The predicted molar refractivity (Wildman–Crippen MR) is 68.5 cm³/mol. The zero-order valence-electron chi connectivity index (χ0n) is 10.8. The number of likely N-dealkylation sites (tertiary alicyclic amines) is 1. The minimum atomic E-state index is -1.05. The summed E-state index contributed by atoms with van der Waals surface area (Å²) in [6.45, 7) is 0. The SMILES string of the molecule is CN1C2C(=O)NC(=O)C2C(C(=O)O)C1c1ccccc1. The molecule has 2 aliphatic heterocycles. The normalized spacial score (nSPS) is 33.0. The molecule has 3 rings (SSSR count). The molecule has 104 valence electrons. The second kappa shape index (κ2) is 4.42. The number of fused-ring (bicyclic) bond motifs is 1. The van der Waals surface area contributed by atoms with Gasteiger partial charge in [-0.1, -0.05) is 30.3 Å². The molecule has 2 amide bonds. The van der Waals surface area contributed by atoms with Crippen LogP contribution in [0.1, 0.15) is 11.6 Å². The highest BCUT2D eigenvalue weighted by atomic mass is 16.4. The third kappa shape index (κ3) is 1.65. The fraction of sp³-hybridized carbons (Fsp3) is 0.357. The average Bonchev–Trinajstić information content (AvgIpc) is 2.88. The number of carboxylic acids is 1. The molecule has 2 saturated heterocycles. The lowest BCUT2D eigenvalue weighted by Gasteiger charge is -2.25. The number of carbonyl (C=O) groups is 3. The summed E-state index contributed by atoms with van der Waals surface area (Å²) in [6.07, 6.45) is 0. The lowest BCUT2D eigenvalue weighted by atomic mass is 9.85. The molecular formula is C14H14N2O4. The molecule has 2 fully saturated rings. The van der Waals surface area contributed by atoms with Gasteiger partial charge in [-0.15, -0.1) is 0 Å². The summed E-state index contributed by atoms with van der Waals surface area (Å²) in [6, 6.07) is 7.94. The van der Waals surface area contributed by atoms with Gasteiger partial charge in [0.1, 0.15) is 6.04 Å². The van der Waals surface area contributed by atoms with Crippen molar-refractivity contribution in [1.29, 1.82) is 0 Å². The minimum Gasteiger partial charge on any atom is -0.481 e. The van der Waals surface area contributed by atoms with Crippen LogP contribution in [0.2, 0.25) is 0 Å². The molecule has 0 saturated carbocycles. The number of amides is 2.